The van der Waals surface area contributed by atoms with Gasteiger partial charge in [0, 0.05) is 11.6 Å². The molecule has 0 bridgehead atoms. The average molecular weight is 519 g/mol. The number of nitrogens with zero attached hydrogens (tertiary/aromatic N) is 1. The zero-order valence-electron chi connectivity index (χ0n) is 17.2. The number of aromatic carboxylic acids is 1. The molecule has 2 N–H and O–H groups in total. The predicted octanol–water partition coefficient (Wildman–Crippen LogP) is 3.78. The molecule has 0 aromatic heterocycles. The fourth-order valence-electron chi connectivity index (χ4n) is 3.04. The molecule has 10 heteroatoms. The third-order valence-electron chi connectivity index (χ3n) is 4.42. The smallest absolute Gasteiger partial charge is 0.335 e. The van der Waals surface area contributed by atoms with Crippen LogP contribution in [0.25, 0.3) is 6.08 Å². The first-order valence-corrected chi connectivity index (χ1v) is 10.8. The van der Waals surface area contributed by atoms with E-state index in [4.69, 9.17) is 21.7 Å². The standard InChI is InChI=1S/C22H19BrN2O6S/c1-3-30-17-11-18(31-4-2)16(23)10-13(17)9-15-19(26)24-22(32)25(20(15)27)14-7-5-6-12(8-14)21(28)29/h5-11H,3-4H2,1-2H3,(H,28,29)(H,24,26,32). The molecule has 0 spiro atoms. The minimum Gasteiger partial charge on any atom is -0.493 e. The van der Waals surface area contributed by atoms with Crippen molar-refractivity contribution >= 4 is 62.8 Å². The molecule has 0 unspecified atom stereocenters. The van der Waals surface area contributed by atoms with Gasteiger partial charge in [0.1, 0.15) is 17.1 Å². The second-order valence-corrected chi connectivity index (χ2v) is 7.74. The molecule has 1 aliphatic rings. The van der Waals surface area contributed by atoms with Crippen LogP contribution < -0.4 is 19.7 Å². The zero-order valence-corrected chi connectivity index (χ0v) is 19.6. The van der Waals surface area contributed by atoms with Crippen LogP contribution >= 0.6 is 28.1 Å². The molecule has 2 aromatic carbocycles. The fraction of sp³-hybridized carbons (Fsp3) is 0.182. The van der Waals surface area contributed by atoms with Gasteiger partial charge in [-0.1, -0.05) is 6.07 Å². The van der Waals surface area contributed by atoms with E-state index in [-0.39, 0.29) is 21.9 Å². The topological polar surface area (TPSA) is 105 Å². The molecule has 0 aliphatic carbocycles. The molecule has 32 heavy (non-hydrogen) atoms. The van der Waals surface area contributed by atoms with Gasteiger partial charge in [-0.3, -0.25) is 19.8 Å². The zero-order chi connectivity index (χ0) is 23.4. The van der Waals surface area contributed by atoms with E-state index < -0.39 is 17.8 Å². The summed E-state index contributed by atoms with van der Waals surface area (Å²) in [5.41, 5.74) is 0.502. The van der Waals surface area contributed by atoms with E-state index in [9.17, 15) is 19.5 Å². The summed E-state index contributed by atoms with van der Waals surface area (Å²) in [6.45, 7) is 4.48. The minimum absolute atomic E-state index is 0.0189. The summed E-state index contributed by atoms with van der Waals surface area (Å²) in [5, 5.41) is 11.6. The Morgan fingerprint density at radius 3 is 2.50 bits per heavy atom. The van der Waals surface area contributed by atoms with Crippen LogP contribution in [0, 0.1) is 0 Å². The first-order chi connectivity index (χ1) is 15.3. The summed E-state index contributed by atoms with van der Waals surface area (Å²) in [6, 6.07) is 9.08. The van der Waals surface area contributed by atoms with Gasteiger partial charge in [-0.2, -0.15) is 0 Å². The predicted molar refractivity (Wildman–Crippen MR) is 126 cm³/mol. The maximum Gasteiger partial charge on any atom is 0.335 e. The Balaban J connectivity index is 2.07. The summed E-state index contributed by atoms with van der Waals surface area (Å²) < 4.78 is 11.9. The Kier molecular flexibility index (Phi) is 7.26. The van der Waals surface area contributed by atoms with Gasteiger partial charge in [0.2, 0.25) is 0 Å². The van der Waals surface area contributed by atoms with Gasteiger partial charge in [-0.15, -0.1) is 0 Å². The van der Waals surface area contributed by atoms with Crippen molar-refractivity contribution in [3.8, 4) is 11.5 Å². The van der Waals surface area contributed by atoms with E-state index in [0.717, 1.165) is 4.90 Å². The number of hydrogen-bond acceptors (Lipinski definition) is 6. The highest BCUT2D eigenvalue weighted by molar-refractivity contribution is 9.10. The number of carbonyl (C=O) groups excluding carboxylic acids is 2. The molecular formula is C22H19BrN2O6S. The molecule has 8 nitrogen and oxygen atoms in total. The summed E-state index contributed by atoms with van der Waals surface area (Å²) in [4.78, 5) is 38.2. The molecule has 0 saturated carbocycles. The number of nitrogens with one attached hydrogen (secondary N) is 1. The number of amides is 2. The van der Waals surface area contributed by atoms with Crippen molar-refractivity contribution in [2.24, 2.45) is 0 Å². The second-order valence-electron chi connectivity index (χ2n) is 6.50. The minimum atomic E-state index is -1.15. The van der Waals surface area contributed by atoms with Crippen molar-refractivity contribution in [2.75, 3.05) is 18.1 Å². The third-order valence-corrected chi connectivity index (χ3v) is 5.32. The Hall–Kier alpha value is -3.24. The van der Waals surface area contributed by atoms with Gasteiger partial charge in [0.05, 0.1) is 28.9 Å². The van der Waals surface area contributed by atoms with Crippen molar-refractivity contribution in [3.05, 3.63) is 57.6 Å². The van der Waals surface area contributed by atoms with Gasteiger partial charge in [0.25, 0.3) is 11.8 Å². The molecule has 1 saturated heterocycles. The molecule has 0 radical (unpaired) electrons. The van der Waals surface area contributed by atoms with Crippen LogP contribution in [0.2, 0.25) is 0 Å². The number of rotatable bonds is 7. The van der Waals surface area contributed by atoms with Crippen LogP contribution in [0.4, 0.5) is 5.69 Å². The molecule has 1 aliphatic heterocycles. The lowest BCUT2D eigenvalue weighted by Gasteiger charge is -2.29. The van der Waals surface area contributed by atoms with Crippen LogP contribution in [-0.2, 0) is 9.59 Å². The average Bonchev–Trinajstić information content (AvgIpc) is 2.74. The first-order valence-electron chi connectivity index (χ1n) is 9.60. The highest BCUT2D eigenvalue weighted by Gasteiger charge is 2.35. The van der Waals surface area contributed by atoms with Gasteiger partial charge in [-0.25, -0.2) is 4.79 Å². The number of ether oxygens (including phenoxy) is 2. The monoisotopic (exact) mass is 518 g/mol. The Morgan fingerprint density at radius 2 is 1.84 bits per heavy atom. The lowest BCUT2D eigenvalue weighted by atomic mass is 10.1. The quantitative estimate of drug-likeness (QED) is 0.326. The molecular weight excluding hydrogens is 500 g/mol. The number of carboxylic acid groups (broad SMARTS) is 1. The van der Waals surface area contributed by atoms with Gasteiger partial charge in [-0.05, 0) is 72.3 Å². The molecule has 2 aromatic rings. The van der Waals surface area contributed by atoms with Crippen molar-refractivity contribution in [2.45, 2.75) is 13.8 Å². The summed E-state index contributed by atoms with van der Waals surface area (Å²) in [5.74, 6) is -1.51. The van der Waals surface area contributed by atoms with Gasteiger partial charge in [0.15, 0.2) is 5.11 Å². The Bertz CT molecular complexity index is 1150. The van der Waals surface area contributed by atoms with Crippen molar-refractivity contribution < 1.29 is 29.0 Å². The van der Waals surface area contributed by atoms with Crippen LogP contribution in [-0.4, -0.2) is 41.2 Å². The first kappa shape index (κ1) is 23.4. The normalized spacial score (nSPS) is 15.0. The largest absolute Gasteiger partial charge is 0.493 e. The number of thiocarbonyl (C=S) groups is 1. The van der Waals surface area contributed by atoms with Crippen LogP contribution in [0.5, 0.6) is 11.5 Å². The van der Waals surface area contributed by atoms with Gasteiger partial charge < -0.3 is 14.6 Å². The van der Waals surface area contributed by atoms with E-state index in [1.54, 1.807) is 12.1 Å². The van der Waals surface area contributed by atoms with Crippen molar-refractivity contribution in [3.63, 3.8) is 0 Å². The fourth-order valence-corrected chi connectivity index (χ4v) is 3.79. The third kappa shape index (κ3) is 4.81. The molecule has 0 atom stereocenters. The number of carbonyl (C=O) groups is 3. The number of carboxylic acids is 1. The van der Waals surface area contributed by atoms with E-state index in [0.29, 0.717) is 34.7 Å². The van der Waals surface area contributed by atoms with Crippen molar-refractivity contribution in [1.82, 2.24) is 5.32 Å². The van der Waals surface area contributed by atoms with Crippen LogP contribution in [0.3, 0.4) is 0 Å². The maximum absolute atomic E-state index is 13.2. The molecule has 166 valence electrons. The van der Waals surface area contributed by atoms with Gasteiger partial charge >= 0.3 is 5.97 Å². The van der Waals surface area contributed by atoms with E-state index in [1.807, 2.05) is 13.8 Å². The summed E-state index contributed by atoms with van der Waals surface area (Å²) in [6.07, 6.45) is 1.40. The van der Waals surface area contributed by atoms with E-state index in [2.05, 4.69) is 21.2 Å². The summed E-state index contributed by atoms with van der Waals surface area (Å²) >= 11 is 8.60. The molecule has 2 amide bonds. The SMILES string of the molecule is CCOc1cc(OCC)c(C=C2C(=O)NC(=S)N(c3cccc(C(=O)O)c3)C2=O)cc1Br. The molecule has 3 rings (SSSR count). The molecule has 1 heterocycles. The Morgan fingerprint density at radius 1 is 1.16 bits per heavy atom. The number of hydrogen-bond donors (Lipinski definition) is 2. The lowest BCUT2D eigenvalue weighted by molar-refractivity contribution is -0.122. The highest BCUT2D eigenvalue weighted by Crippen LogP contribution is 2.35. The highest BCUT2D eigenvalue weighted by atomic mass is 79.9. The Labute approximate surface area is 197 Å². The van der Waals surface area contributed by atoms with Crippen LogP contribution in [0.15, 0.2) is 46.4 Å². The summed E-state index contributed by atoms with van der Waals surface area (Å²) in [7, 11) is 0. The number of halogens is 1. The number of anilines is 1. The molecule has 1 fully saturated rings. The van der Waals surface area contributed by atoms with E-state index >= 15 is 0 Å². The van der Waals surface area contributed by atoms with Crippen LogP contribution in [0.1, 0.15) is 29.8 Å². The van der Waals surface area contributed by atoms with Crippen molar-refractivity contribution in [1.29, 1.82) is 0 Å². The second kappa shape index (κ2) is 9.92. The lowest BCUT2D eigenvalue weighted by Crippen LogP contribution is -2.54. The number of benzene rings is 2. The maximum atomic E-state index is 13.2. The van der Waals surface area contributed by atoms with E-state index in [1.165, 1.54) is 30.3 Å².